The monoisotopic (exact) mass is 533 g/mol. The number of nitrogens with one attached hydrogen (secondary N) is 2. The molecular weight excluding hydrogens is 493 g/mol. The molecule has 0 radical (unpaired) electrons. The van der Waals surface area contributed by atoms with Crippen molar-refractivity contribution in [2.45, 2.75) is 65.2 Å². The molecule has 0 spiro atoms. The summed E-state index contributed by atoms with van der Waals surface area (Å²) in [7, 11) is 0. The van der Waals surface area contributed by atoms with E-state index >= 15 is 0 Å². The van der Waals surface area contributed by atoms with E-state index in [0.29, 0.717) is 19.3 Å². The Kier molecular flexibility index (Phi) is 16.1. The molecule has 1 fully saturated rings. The molecule has 0 amide bonds. The molecule has 0 saturated carbocycles. The molecule has 2 N–H and O–H groups in total. The average Bonchev–Trinajstić information content (AvgIpc) is 2.77. The molecule has 7 heteroatoms. The fourth-order valence-corrected chi connectivity index (χ4v) is 3.04. The molecule has 2 rings (SSSR count). The second-order valence-electron chi connectivity index (χ2n) is 7.38. The standard InChI is InChI=1S/C23H39N3O3.HI/c1-3-5-14-27-15-6-13-25-23(24-4-2)26-18-20-7-9-21(10-8-20)19-29-22-11-16-28-17-12-22;/h7-10,22H,3-6,11-19H2,1-2H3,(H2,24,25,26);1H. The minimum atomic E-state index is 0. The van der Waals surface area contributed by atoms with E-state index in [2.05, 4.69) is 53.7 Å². The van der Waals surface area contributed by atoms with Crippen LogP contribution in [0.1, 0.15) is 57.1 Å². The van der Waals surface area contributed by atoms with Crippen molar-refractivity contribution in [3.63, 3.8) is 0 Å². The number of nitrogens with zero attached hydrogens (tertiary/aromatic N) is 1. The Bertz CT molecular complexity index is 563. The first-order valence-corrected chi connectivity index (χ1v) is 11.2. The molecule has 0 bridgehead atoms. The first-order chi connectivity index (χ1) is 14.3. The van der Waals surface area contributed by atoms with Crippen LogP contribution < -0.4 is 10.6 Å². The van der Waals surface area contributed by atoms with Gasteiger partial charge in [0.2, 0.25) is 0 Å². The van der Waals surface area contributed by atoms with Crippen molar-refractivity contribution in [3.05, 3.63) is 35.4 Å². The summed E-state index contributed by atoms with van der Waals surface area (Å²) in [5, 5.41) is 6.68. The van der Waals surface area contributed by atoms with Crippen LogP contribution in [0.2, 0.25) is 0 Å². The third kappa shape index (κ3) is 12.1. The smallest absolute Gasteiger partial charge is 0.191 e. The molecule has 0 atom stereocenters. The first-order valence-electron chi connectivity index (χ1n) is 11.2. The lowest BCUT2D eigenvalue weighted by Gasteiger charge is -2.22. The van der Waals surface area contributed by atoms with Crippen LogP contribution in [-0.4, -0.2) is 51.6 Å². The number of ether oxygens (including phenoxy) is 3. The second kappa shape index (κ2) is 17.7. The minimum Gasteiger partial charge on any atom is -0.381 e. The van der Waals surface area contributed by atoms with Gasteiger partial charge in [-0.1, -0.05) is 37.6 Å². The third-order valence-electron chi connectivity index (χ3n) is 4.84. The number of aliphatic imine (C=N–C) groups is 1. The van der Waals surface area contributed by atoms with Gasteiger partial charge in [-0.3, -0.25) is 0 Å². The molecule has 0 unspecified atom stereocenters. The normalized spacial score (nSPS) is 14.9. The van der Waals surface area contributed by atoms with Crippen LogP contribution >= 0.6 is 24.0 Å². The van der Waals surface area contributed by atoms with Crippen molar-refractivity contribution in [2.24, 2.45) is 4.99 Å². The number of unbranched alkanes of at least 4 members (excludes halogenated alkanes) is 1. The van der Waals surface area contributed by atoms with Crippen molar-refractivity contribution in [1.29, 1.82) is 0 Å². The summed E-state index contributed by atoms with van der Waals surface area (Å²) >= 11 is 0. The Labute approximate surface area is 199 Å². The van der Waals surface area contributed by atoms with Gasteiger partial charge in [-0.2, -0.15) is 0 Å². The summed E-state index contributed by atoms with van der Waals surface area (Å²) in [6.45, 7) is 10.6. The van der Waals surface area contributed by atoms with E-state index in [9.17, 15) is 0 Å². The van der Waals surface area contributed by atoms with Gasteiger partial charge in [0.25, 0.3) is 0 Å². The topological polar surface area (TPSA) is 64.1 Å². The van der Waals surface area contributed by atoms with Gasteiger partial charge in [0.05, 0.1) is 19.3 Å². The predicted octanol–water partition coefficient (Wildman–Crippen LogP) is 4.26. The molecule has 0 aromatic heterocycles. The van der Waals surface area contributed by atoms with Crippen molar-refractivity contribution in [1.82, 2.24) is 10.6 Å². The molecule has 1 aliphatic rings. The van der Waals surface area contributed by atoms with Crippen LogP contribution in [0.5, 0.6) is 0 Å². The van der Waals surface area contributed by atoms with Gasteiger partial charge in [-0.25, -0.2) is 4.99 Å². The van der Waals surface area contributed by atoms with Crippen LogP contribution in [0, 0.1) is 0 Å². The molecule has 1 heterocycles. The minimum absolute atomic E-state index is 0. The van der Waals surface area contributed by atoms with E-state index in [1.807, 2.05) is 0 Å². The number of guanidine groups is 1. The SMILES string of the molecule is CCCCOCCCNC(=NCc1ccc(COC2CCOCC2)cc1)NCC.I. The lowest BCUT2D eigenvalue weighted by Crippen LogP contribution is -2.38. The van der Waals surface area contributed by atoms with Crippen molar-refractivity contribution < 1.29 is 14.2 Å². The maximum absolute atomic E-state index is 5.99. The first kappa shape index (κ1) is 27.1. The van der Waals surface area contributed by atoms with Crippen LogP contribution in [0.4, 0.5) is 0 Å². The lowest BCUT2D eigenvalue weighted by molar-refractivity contribution is -0.0390. The Balaban J connectivity index is 0.00000450. The fraction of sp³-hybridized carbons (Fsp3) is 0.696. The maximum Gasteiger partial charge on any atom is 0.191 e. The highest BCUT2D eigenvalue weighted by Gasteiger charge is 2.13. The number of rotatable bonds is 13. The van der Waals surface area contributed by atoms with Crippen LogP contribution in [0.25, 0.3) is 0 Å². The van der Waals surface area contributed by atoms with Gasteiger partial charge in [0.15, 0.2) is 5.96 Å². The molecule has 172 valence electrons. The van der Waals surface area contributed by atoms with Crippen molar-refractivity contribution in [3.8, 4) is 0 Å². The molecule has 1 saturated heterocycles. The van der Waals surface area contributed by atoms with Gasteiger partial charge in [0.1, 0.15) is 0 Å². The number of benzene rings is 1. The van der Waals surface area contributed by atoms with Gasteiger partial charge >= 0.3 is 0 Å². The van der Waals surface area contributed by atoms with Crippen LogP contribution in [0.3, 0.4) is 0 Å². The summed E-state index contributed by atoms with van der Waals surface area (Å²) in [5.41, 5.74) is 2.40. The van der Waals surface area contributed by atoms with E-state index in [1.54, 1.807) is 0 Å². The third-order valence-corrected chi connectivity index (χ3v) is 4.84. The van der Waals surface area contributed by atoms with E-state index in [0.717, 1.165) is 71.2 Å². The van der Waals surface area contributed by atoms with Gasteiger partial charge in [-0.05, 0) is 43.7 Å². The highest BCUT2D eigenvalue weighted by molar-refractivity contribution is 14.0. The highest BCUT2D eigenvalue weighted by Crippen LogP contribution is 2.14. The molecular formula is C23H40IN3O3. The molecule has 0 aliphatic carbocycles. The molecule has 30 heavy (non-hydrogen) atoms. The summed E-state index contributed by atoms with van der Waals surface area (Å²) in [6, 6.07) is 8.55. The average molecular weight is 533 g/mol. The molecule has 1 aromatic rings. The molecule has 6 nitrogen and oxygen atoms in total. The van der Waals surface area contributed by atoms with E-state index in [1.165, 1.54) is 17.5 Å². The Morgan fingerprint density at radius 2 is 1.73 bits per heavy atom. The largest absolute Gasteiger partial charge is 0.381 e. The van der Waals surface area contributed by atoms with E-state index < -0.39 is 0 Å². The second-order valence-corrected chi connectivity index (χ2v) is 7.38. The highest BCUT2D eigenvalue weighted by atomic mass is 127. The molecule has 1 aromatic carbocycles. The zero-order valence-electron chi connectivity index (χ0n) is 18.7. The summed E-state index contributed by atoms with van der Waals surface area (Å²) in [6.07, 6.45) is 5.63. The van der Waals surface area contributed by atoms with Gasteiger partial charge in [-0.15, -0.1) is 24.0 Å². The van der Waals surface area contributed by atoms with Crippen LogP contribution in [-0.2, 0) is 27.4 Å². The zero-order chi connectivity index (χ0) is 20.6. The Hall–Kier alpha value is -0.900. The quantitative estimate of drug-likeness (QED) is 0.172. The Morgan fingerprint density at radius 3 is 2.43 bits per heavy atom. The summed E-state index contributed by atoms with van der Waals surface area (Å²) in [4.78, 5) is 4.69. The van der Waals surface area contributed by atoms with Crippen molar-refractivity contribution >= 4 is 29.9 Å². The lowest BCUT2D eigenvalue weighted by atomic mass is 10.1. The summed E-state index contributed by atoms with van der Waals surface area (Å²) in [5.74, 6) is 0.855. The predicted molar refractivity (Wildman–Crippen MR) is 134 cm³/mol. The van der Waals surface area contributed by atoms with Crippen LogP contribution in [0.15, 0.2) is 29.3 Å². The van der Waals surface area contributed by atoms with Gasteiger partial charge < -0.3 is 24.8 Å². The van der Waals surface area contributed by atoms with E-state index in [4.69, 9.17) is 14.2 Å². The number of halogens is 1. The van der Waals surface area contributed by atoms with E-state index in [-0.39, 0.29) is 24.0 Å². The maximum atomic E-state index is 5.99. The fourth-order valence-electron chi connectivity index (χ4n) is 3.04. The number of hydrogen-bond donors (Lipinski definition) is 2. The van der Waals surface area contributed by atoms with Gasteiger partial charge in [0, 0.05) is 39.5 Å². The Morgan fingerprint density at radius 1 is 1.03 bits per heavy atom. The van der Waals surface area contributed by atoms with Crippen molar-refractivity contribution in [2.75, 3.05) is 39.5 Å². The molecule has 1 aliphatic heterocycles. The zero-order valence-corrected chi connectivity index (χ0v) is 21.0. The summed E-state index contributed by atoms with van der Waals surface area (Å²) < 4.78 is 17.0. The number of hydrogen-bond acceptors (Lipinski definition) is 4.